The first-order valence-electron chi connectivity index (χ1n) is 7.76. The molecule has 0 N–H and O–H groups in total. The molecular weight excluding hydrogens is 364 g/mol. The van der Waals surface area contributed by atoms with Crippen molar-refractivity contribution in [3.05, 3.63) is 34.4 Å². The van der Waals surface area contributed by atoms with E-state index in [0.717, 1.165) is 16.4 Å². The lowest BCUT2D eigenvalue weighted by Gasteiger charge is -2.30. The van der Waals surface area contributed by atoms with E-state index in [4.69, 9.17) is 20.6 Å². The molecule has 9 nitrogen and oxygen atoms in total. The van der Waals surface area contributed by atoms with Crippen molar-refractivity contribution in [1.29, 1.82) is 0 Å². The minimum absolute atomic E-state index is 0.0944. The van der Waals surface area contributed by atoms with Crippen molar-refractivity contribution < 1.29 is 27.6 Å². The van der Waals surface area contributed by atoms with Gasteiger partial charge in [-0.3, -0.25) is 10.1 Å². The monoisotopic (exact) mass is 382 g/mol. The molecule has 3 rings (SSSR count). The number of fused-ring (bicyclic) bond motifs is 1. The van der Waals surface area contributed by atoms with Crippen LogP contribution in [0.2, 0.25) is 0 Å². The quantitative estimate of drug-likeness (QED) is 0.436. The average Bonchev–Trinajstić information content (AvgIpc) is 3.05. The van der Waals surface area contributed by atoms with Gasteiger partial charge < -0.3 is 14.2 Å². The van der Waals surface area contributed by atoms with Crippen LogP contribution in [-0.2, 0) is 24.2 Å². The maximum Gasteiger partial charge on any atom is 0.269 e. The number of non-ortho nitro benzene ring substituents is 1. The first-order valence-corrected chi connectivity index (χ1v) is 9.20. The summed E-state index contributed by atoms with van der Waals surface area (Å²) in [6.07, 6.45) is 3.17. The Hall–Kier alpha value is -2.03. The molecule has 1 aromatic rings. The molecule has 2 heterocycles. The Balaban J connectivity index is 1.92. The summed E-state index contributed by atoms with van der Waals surface area (Å²) in [6, 6.07) is 3.82. The van der Waals surface area contributed by atoms with Crippen LogP contribution in [0.1, 0.15) is 13.8 Å². The molecule has 0 spiro atoms. The number of hydrogen-bond donors (Lipinski definition) is 0. The minimum Gasteiger partial charge on any atom is -0.340 e. The molecule has 26 heavy (non-hydrogen) atoms. The second-order valence-corrected chi connectivity index (χ2v) is 8.45. The second kappa shape index (κ2) is 6.29. The Morgan fingerprint density at radius 1 is 1.27 bits per heavy atom. The van der Waals surface area contributed by atoms with Crippen LogP contribution in [0, 0.1) is 22.5 Å². The fraction of sp³-hybridized carbons (Fsp3) is 0.500. The van der Waals surface area contributed by atoms with Crippen molar-refractivity contribution in [2.45, 2.75) is 49.1 Å². The maximum atomic E-state index is 12.9. The van der Waals surface area contributed by atoms with Gasteiger partial charge in [0.1, 0.15) is 12.2 Å². The molecule has 0 saturated carbocycles. The van der Waals surface area contributed by atoms with E-state index in [1.165, 1.54) is 19.2 Å². The summed E-state index contributed by atoms with van der Waals surface area (Å²) in [6.45, 7) is 3.39. The standard InChI is InChI=1S/C16H18N2O7S/c1-5-12-13(14-15(23-12)25-16(2,3)24-14)17(4)26(21,22)11-8-6-10(7-9-11)18(19)20/h1,6-9,12-15H,2-4H3/t12-,13+,14-,15-/m1/s1. The molecule has 2 fully saturated rings. The summed E-state index contributed by atoms with van der Waals surface area (Å²) < 4.78 is 44.0. The second-order valence-electron chi connectivity index (χ2n) is 6.45. The molecule has 2 aliphatic rings. The third-order valence-electron chi connectivity index (χ3n) is 4.32. The highest BCUT2D eigenvalue weighted by Gasteiger charge is 2.57. The van der Waals surface area contributed by atoms with Crippen molar-refractivity contribution in [3.63, 3.8) is 0 Å². The fourth-order valence-electron chi connectivity index (χ4n) is 3.09. The lowest BCUT2D eigenvalue weighted by Crippen LogP contribution is -2.48. The SMILES string of the molecule is C#C[C@H]1O[C@@H]2OC(C)(C)O[C@@H]2[C@H]1N(C)S(=O)(=O)c1ccc([N+](=O)[O-])cc1. The molecule has 10 heteroatoms. The zero-order valence-electron chi connectivity index (χ0n) is 14.4. The number of rotatable bonds is 4. The summed E-state index contributed by atoms with van der Waals surface area (Å²) in [5.74, 6) is 1.50. The molecule has 0 bridgehead atoms. The minimum atomic E-state index is -3.98. The topological polar surface area (TPSA) is 108 Å². The van der Waals surface area contributed by atoms with Gasteiger partial charge in [-0.2, -0.15) is 4.31 Å². The van der Waals surface area contributed by atoms with E-state index in [1.54, 1.807) is 13.8 Å². The Labute approximate surface area is 151 Å². The van der Waals surface area contributed by atoms with Crippen molar-refractivity contribution in [3.8, 4) is 12.3 Å². The number of hydrogen-bond acceptors (Lipinski definition) is 7. The summed E-state index contributed by atoms with van der Waals surface area (Å²) in [7, 11) is -2.62. The normalized spacial score (nSPS) is 30.1. The Bertz CT molecular complexity index is 860. The van der Waals surface area contributed by atoms with Crippen LogP contribution in [0.3, 0.4) is 0 Å². The van der Waals surface area contributed by atoms with Crippen LogP contribution in [-0.4, -0.2) is 55.0 Å². The number of likely N-dealkylation sites (N-methyl/N-ethyl adjacent to an activating group) is 1. The van der Waals surface area contributed by atoms with E-state index in [0.29, 0.717) is 0 Å². The lowest BCUT2D eigenvalue weighted by molar-refractivity contribution is -0.384. The van der Waals surface area contributed by atoms with Gasteiger partial charge in [0.25, 0.3) is 5.69 Å². The number of nitro benzene ring substituents is 1. The van der Waals surface area contributed by atoms with Crippen LogP contribution in [0.4, 0.5) is 5.69 Å². The first kappa shape index (κ1) is 18.8. The first-order chi connectivity index (χ1) is 12.1. The van der Waals surface area contributed by atoms with Gasteiger partial charge in [0.05, 0.1) is 15.9 Å². The predicted molar refractivity (Wildman–Crippen MR) is 89.4 cm³/mol. The van der Waals surface area contributed by atoms with Crippen LogP contribution < -0.4 is 0 Å². The molecule has 140 valence electrons. The maximum absolute atomic E-state index is 12.9. The smallest absolute Gasteiger partial charge is 0.269 e. The number of ether oxygens (including phenoxy) is 3. The zero-order valence-corrected chi connectivity index (χ0v) is 15.2. The molecule has 2 saturated heterocycles. The summed E-state index contributed by atoms with van der Waals surface area (Å²) in [4.78, 5) is 10.1. The van der Waals surface area contributed by atoms with Gasteiger partial charge in [-0.1, -0.05) is 5.92 Å². The Kier molecular flexibility index (Phi) is 4.54. The molecule has 0 aliphatic carbocycles. The average molecular weight is 382 g/mol. The van der Waals surface area contributed by atoms with E-state index in [1.807, 2.05) is 0 Å². The summed E-state index contributed by atoms with van der Waals surface area (Å²) >= 11 is 0. The Morgan fingerprint density at radius 3 is 2.42 bits per heavy atom. The number of nitro groups is 1. The summed E-state index contributed by atoms with van der Waals surface area (Å²) in [5.41, 5.74) is -0.202. The van der Waals surface area contributed by atoms with E-state index in [9.17, 15) is 18.5 Å². The third kappa shape index (κ3) is 3.08. The number of benzene rings is 1. The van der Waals surface area contributed by atoms with Gasteiger partial charge in [-0.25, -0.2) is 8.42 Å². The predicted octanol–water partition coefficient (Wildman–Crippen LogP) is 1.09. The van der Waals surface area contributed by atoms with Gasteiger partial charge in [0.2, 0.25) is 10.0 Å². The molecule has 0 aromatic heterocycles. The van der Waals surface area contributed by atoms with Gasteiger partial charge in [0.15, 0.2) is 12.1 Å². The largest absolute Gasteiger partial charge is 0.340 e. The van der Waals surface area contributed by atoms with Gasteiger partial charge in [-0.15, -0.1) is 6.42 Å². The highest BCUT2D eigenvalue weighted by Crippen LogP contribution is 2.40. The Morgan fingerprint density at radius 2 is 1.88 bits per heavy atom. The van der Waals surface area contributed by atoms with Gasteiger partial charge >= 0.3 is 0 Å². The highest BCUT2D eigenvalue weighted by atomic mass is 32.2. The highest BCUT2D eigenvalue weighted by molar-refractivity contribution is 7.89. The van der Waals surface area contributed by atoms with E-state index >= 15 is 0 Å². The molecule has 4 atom stereocenters. The van der Waals surface area contributed by atoms with Crippen LogP contribution in [0.15, 0.2) is 29.2 Å². The fourth-order valence-corrected chi connectivity index (χ4v) is 4.46. The number of nitrogens with zero attached hydrogens (tertiary/aromatic N) is 2. The van der Waals surface area contributed by atoms with Crippen molar-refractivity contribution >= 4 is 15.7 Å². The number of sulfonamides is 1. The van der Waals surface area contributed by atoms with Gasteiger partial charge in [-0.05, 0) is 26.0 Å². The van der Waals surface area contributed by atoms with Crippen LogP contribution >= 0.6 is 0 Å². The van der Waals surface area contributed by atoms with Crippen molar-refractivity contribution in [2.75, 3.05) is 7.05 Å². The lowest BCUT2D eigenvalue weighted by atomic mass is 10.1. The number of terminal acetylenes is 1. The van der Waals surface area contributed by atoms with Gasteiger partial charge in [0, 0.05) is 19.2 Å². The molecule has 0 radical (unpaired) electrons. The summed E-state index contributed by atoms with van der Waals surface area (Å²) in [5, 5.41) is 10.7. The van der Waals surface area contributed by atoms with Crippen LogP contribution in [0.5, 0.6) is 0 Å². The molecule has 0 unspecified atom stereocenters. The third-order valence-corrected chi connectivity index (χ3v) is 6.19. The van der Waals surface area contributed by atoms with Crippen molar-refractivity contribution in [1.82, 2.24) is 4.31 Å². The molecule has 1 aromatic carbocycles. The van der Waals surface area contributed by atoms with E-state index < -0.39 is 45.3 Å². The molecule has 0 amide bonds. The molecular formula is C16H18N2O7S. The van der Waals surface area contributed by atoms with Crippen molar-refractivity contribution in [2.24, 2.45) is 0 Å². The van der Waals surface area contributed by atoms with Crippen LogP contribution in [0.25, 0.3) is 0 Å². The van der Waals surface area contributed by atoms with E-state index in [2.05, 4.69) is 5.92 Å². The molecule has 2 aliphatic heterocycles. The van der Waals surface area contributed by atoms with E-state index in [-0.39, 0.29) is 10.6 Å². The zero-order chi connectivity index (χ0) is 19.3.